The van der Waals surface area contributed by atoms with Crippen molar-refractivity contribution in [2.75, 3.05) is 20.3 Å². The van der Waals surface area contributed by atoms with Crippen molar-refractivity contribution in [3.05, 3.63) is 59.7 Å². The highest BCUT2D eigenvalue weighted by Crippen LogP contribution is 2.44. The van der Waals surface area contributed by atoms with E-state index in [0.29, 0.717) is 0 Å². The van der Waals surface area contributed by atoms with E-state index in [1.54, 1.807) is 6.92 Å². The number of nitrogens with one attached hydrogen (secondary N) is 2. The lowest BCUT2D eigenvalue weighted by atomic mass is 9.98. The summed E-state index contributed by atoms with van der Waals surface area (Å²) in [6.07, 6.45) is -1.02. The van der Waals surface area contributed by atoms with Crippen LogP contribution in [-0.4, -0.2) is 55.5 Å². The molecular formula is C24H28N2O6. The first-order chi connectivity index (χ1) is 15.4. The third kappa shape index (κ3) is 5.45. The van der Waals surface area contributed by atoms with E-state index in [0.717, 1.165) is 22.3 Å². The summed E-state index contributed by atoms with van der Waals surface area (Å²) in [5.41, 5.74) is 4.54. The summed E-state index contributed by atoms with van der Waals surface area (Å²) in [6.45, 7) is 1.92. The Hall–Kier alpha value is -3.39. The highest BCUT2D eigenvalue weighted by Gasteiger charge is 2.29. The average molecular weight is 440 g/mol. The van der Waals surface area contributed by atoms with Crippen molar-refractivity contribution in [1.29, 1.82) is 0 Å². The van der Waals surface area contributed by atoms with Crippen LogP contribution in [0.25, 0.3) is 11.1 Å². The second-order valence-corrected chi connectivity index (χ2v) is 7.63. The van der Waals surface area contributed by atoms with Gasteiger partial charge in [-0.1, -0.05) is 55.5 Å². The third-order valence-corrected chi connectivity index (χ3v) is 5.61. The number of carbonyl (C=O) groups is 3. The Morgan fingerprint density at radius 1 is 1.03 bits per heavy atom. The molecular weight excluding hydrogens is 412 g/mol. The maximum Gasteiger partial charge on any atom is 0.407 e. The van der Waals surface area contributed by atoms with Crippen molar-refractivity contribution in [1.82, 2.24) is 10.6 Å². The van der Waals surface area contributed by atoms with Crippen LogP contribution in [0.3, 0.4) is 0 Å². The number of ether oxygens (including phenoxy) is 2. The van der Waals surface area contributed by atoms with Gasteiger partial charge < -0.3 is 25.2 Å². The topological polar surface area (TPSA) is 114 Å². The molecule has 0 radical (unpaired) electrons. The fourth-order valence-electron chi connectivity index (χ4n) is 3.88. The Morgan fingerprint density at radius 3 is 2.16 bits per heavy atom. The lowest BCUT2D eigenvalue weighted by Gasteiger charge is -2.18. The molecule has 2 amide bonds. The highest BCUT2D eigenvalue weighted by molar-refractivity contribution is 5.83. The van der Waals surface area contributed by atoms with Crippen LogP contribution in [-0.2, 0) is 19.1 Å². The third-order valence-electron chi connectivity index (χ3n) is 5.61. The lowest BCUT2D eigenvalue weighted by Crippen LogP contribution is -2.43. The molecule has 0 saturated carbocycles. The van der Waals surface area contributed by atoms with Gasteiger partial charge in [0.2, 0.25) is 5.91 Å². The van der Waals surface area contributed by atoms with Gasteiger partial charge in [0.25, 0.3) is 0 Å². The molecule has 0 saturated heterocycles. The standard InChI is InChI=1S/C24H28N2O6/c1-3-21(23(28)29)26-22(27)12-15(31-2)13-25-24(30)32-14-20-18-10-6-4-8-16(18)17-9-5-7-11-19(17)20/h4-11,15,20-21H,3,12-14H2,1-2H3,(H,25,30)(H,26,27)(H,28,29). The average Bonchev–Trinajstić information content (AvgIpc) is 3.12. The Morgan fingerprint density at radius 2 is 1.62 bits per heavy atom. The number of hydrogen-bond donors (Lipinski definition) is 3. The van der Waals surface area contributed by atoms with Crippen LogP contribution in [0.15, 0.2) is 48.5 Å². The summed E-state index contributed by atoms with van der Waals surface area (Å²) in [7, 11) is 1.42. The Labute approximate surface area is 186 Å². The van der Waals surface area contributed by atoms with Gasteiger partial charge in [0, 0.05) is 19.6 Å². The first kappa shape index (κ1) is 23.3. The molecule has 170 valence electrons. The molecule has 0 fully saturated rings. The number of methoxy groups -OCH3 is 1. The summed E-state index contributed by atoms with van der Waals surface area (Å²) in [5.74, 6) is -1.59. The quantitative estimate of drug-likeness (QED) is 0.524. The minimum Gasteiger partial charge on any atom is -0.480 e. The highest BCUT2D eigenvalue weighted by atomic mass is 16.5. The normalized spacial score (nSPS) is 14.1. The van der Waals surface area contributed by atoms with Crippen LogP contribution >= 0.6 is 0 Å². The fourth-order valence-corrected chi connectivity index (χ4v) is 3.88. The maximum absolute atomic E-state index is 12.3. The van der Waals surface area contributed by atoms with Gasteiger partial charge in [0.1, 0.15) is 12.6 Å². The van der Waals surface area contributed by atoms with E-state index in [2.05, 4.69) is 22.8 Å². The zero-order chi connectivity index (χ0) is 23.1. The molecule has 8 nitrogen and oxygen atoms in total. The van der Waals surface area contributed by atoms with Crippen molar-refractivity contribution in [2.45, 2.75) is 37.8 Å². The lowest BCUT2D eigenvalue weighted by molar-refractivity contribution is -0.142. The fraction of sp³-hybridized carbons (Fsp3) is 0.375. The van der Waals surface area contributed by atoms with Crippen molar-refractivity contribution in [3.8, 4) is 11.1 Å². The first-order valence-corrected chi connectivity index (χ1v) is 10.6. The number of carbonyl (C=O) groups excluding carboxylic acids is 2. The van der Waals surface area contributed by atoms with E-state index in [9.17, 15) is 14.4 Å². The summed E-state index contributed by atoms with van der Waals surface area (Å²) in [5, 5.41) is 14.1. The molecule has 2 aromatic rings. The Kier molecular flexibility index (Phi) is 7.83. The van der Waals surface area contributed by atoms with Crippen LogP contribution < -0.4 is 10.6 Å². The second-order valence-electron chi connectivity index (χ2n) is 7.63. The minimum atomic E-state index is -1.09. The summed E-state index contributed by atoms with van der Waals surface area (Å²) < 4.78 is 10.7. The van der Waals surface area contributed by atoms with Crippen molar-refractivity contribution in [2.24, 2.45) is 0 Å². The Balaban J connectivity index is 1.51. The number of rotatable bonds is 10. The summed E-state index contributed by atoms with van der Waals surface area (Å²) in [4.78, 5) is 35.4. The molecule has 3 rings (SSSR count). The first-order valence-electron chi connectivity index (χ1n) is 10.6. The van der Waals surface area contributed by atoms with Crippen LogP contribution in [0.5, 0.6) is 0 Å². The van der Waals surface area contributed by atoms with E-state index in [1.807, 2.05) is 36.4 Å². The van der Waals surface area contributed by atoms with E-state index in [1.165, 1.54) is 7.11 Å². The number of amides is 2. The molecule has 0 heterocycles. The van der Waals surface area contributed by atoms with Gasteiger partial charge in [-0.25, -0.2) is 9.59 Å². The van der Waals surface area contributed by atoms with Crippen LogP contribution in [0.1, 0.15) is 36.8 Å². The molecule has 0 aromatic heterocycles. The van der Waals surface area contributed by atoms with E-state index in [4.69, 9.17) is 14.6 Å². The van der Waals surface area contributed by atoms with Crippen molar-refractivity contribution < 1.29 is 29.0 Å². The molecule has 1 aliphatic rings. The number of fused-ring (bicyclic) bond motifs is 3. The van der Waals surface area contributed by atoms with Crippen LogP contribution in [0.4, 0.5) is 4.79 Å². The summed E-state index contributed by atoms with van der Waals surface area (Å²) >= 11 is 0. The minimum absolute atomic E-state index is 0.0425. The molecule has 2 unspecified atom stereocenters. The largest absolute Gasteiger partial charge is 0.480 e. The summed E-state index contributed by atoms with van der Waals surface area (Å²) in [6, 6.07) is 15.2. The van der Waals surface area contributed by atoms with Gasteiger partial charge in [-0.2, -0.15) is 0 Å². The number of hydrogen-bond acceptors (Lipinski definition) is 5. The zero-order valence-electron chi connectivity index (χ0n) is 18.2. The van der Waals surface area contributed by atoms with Crippen molar-refractivity contribution >= 4 is 18.0 Å². The molecule has 0 bridgehead atoms. The molecule has 2 aromatic carbocycles. The monoisotopic (exact) mass is 440 g/mol. The number of benzene rings is 2. The molecule has 3 N–H and O–H groups in total. The smallest absolute Gasteiger partial charge is 0.407 e. The van der Waals surface area contributed by atoms with Gasteiger partial charge in [0.05, 0.1) is 12.5 Å². The number of carboxylic acid groups (broad SMARTS) is 1. The molecule has 0 spiro atoms. The van der Waals surface area contributed by atoms with Gasteiger partial charge in [0.15, 0.2) is 0 Å². The molecule has 1 aliphatic carbocycles. The molecule has 8 heteroatoms. The number of carboxylic acids is 1. The number of aliphatic carboxylic acids is 1. The van der Waals surface area contributed by atoms with Gasteiger partial charge in [-0.15, -0.1) is 0 Å². The molecule has 2 atom stereocenters. The zero-order valence-corrected chi connectivity index (χ0v) is 18.2. The molecule has 0 aliphatic heterocycles. The van der Waals surface area contributed by atoms with Crippen molar-refractivity contribution in [3.63, 3.8) is 0 Å². The van der Waals surface area contributed by atoms with E-state index in [-0.39, 0.29) is 31.9 Å². The predicted molar refractivity (Wildman–Crippen MR) is 118 cm³/mol. The van der Waals surface area contributed by atoms with Crippen LogP contribution in [0.2, 0.25) is 0 Å². The van der Waals surface area contributed by atoms with Gasteiger partial charge >= 0.3 is 12.1 Å². The molecule has 32 heavy (non-hydrogen) atoms. The van der Waals surface area contributed by atoms with Gasteiger partial charge in [-0.05, 0) is 28.7 Å². The maximum atomic E-state index is 12.3. The van der Waals surface area contributed by atoms with E-state index >= 15 is 0 Å². The predicted octanol–water partition coefficient (Wildman–Crippen LogP) is 2.91. The second kappa shape index (κ2) is 10.8. The van der Waals surface area contributed by atoms with E-state index < -0.39 is 30.1 Å². The van der Waals surface area contributed by atoms with Crippen LogP contribution in [0, 0.1) is 0 Å². The van der Waals surface area contributed by atoms with Gasteiger partial charge in [-0.3, -0.25) is 4.79 Å². The number of alkyl carbamates (subject to hydrolysis) is 1. The Bertz CT molecular complexity index is 931. The SMILES string of the molecule is CCC(NC(=O)CC(CNC(=O)OCC1c2ccccc2-c2ccccc21)OC)C(=O)O.